The summed E-state index contributed by atoms with van der Waals surface area (Å²) in [5.41, 5.74) is 0.871. The summed E-state index contributed by atoms with van der Waals surface area (Å²) < 4.78 is 39.0. The molecule has 2 aromatic carbocycles. The number of aryl methyl sites for hydroxylation is 1. The molecule has 170 valence electrons. The van der Waals surface area contributed by atoms with Gasteiger partial charge < -0.3 is 15.1 Å². The largest absolute Gasteiger partial charge is 0.416 e. The Morgan fingerprint density at radius 3 is 2.56 bits per heavy atom. The van der Waals surface area contributed by atoms with Gasteiger partial charge in [0.05, 0.1) is 18.0 Å². The molecule has 1 aliphatic rings. The maximum absolute atomic E-state index is 13.0. The van der Waals surface area contributed by atoms with Crippen LogP contribution >= 0.6 is 0 Å². The lowest BCUT2D eigenvalue weighted by Gasteiger charge is -2.22. The van der Waals surface area contributed by atoms with E-state index in [4.69, 9.17) is 0 Å². The van der Waals surface area contributed by atoms with Gasteiger partial charge in [0.1, 0.15) is 0 Å². The molecule has 9 heteroatoms. The number of likely N-dealkylation sites (N-methyl/N-ethyl adjacent to an activating group) is 1. The van der Waals surface area contributed by atoms with Gasteiger partial charge in [0.15, 0.2) is 0 Å². The lowest BCUT2D eigenvalue weighted by Crippen LogP contribution is -2.39. The number of carbonyl (C=O) groups excluding carboxylic acids is 3. The Kier molecular flexibility index (Phi) is 6.86. The van der Waals surface area contributed by atoms with Crippen molar-refractivity contribution in [2.45, 2.75) is 25.9 Å². The van der Waals surface area contributed by atoms with Crippen LogP contribution in [0.5, 0.6) is 0 Å². The average Bonchev–Trinajstić information content (AvgIpc) is 3.14. The van der Waals surface area contributed by atoms with Crippen molar-refractivity contribution in [3.63, 3.8) is 0 Å². The zero-order chi connectivity index (χ0) is 23.5. The van der Waals surface area contributed by atoms with Crippen LogP contribution in [0.15, 0.2) is 48.5 Å². The molecule has 32 heavy (non-hydrogen) atoms. The van der Waals surface area contributed by atoms with E-state index in [1.807, 2.05) is 19.1 Å². The summed E-state index contributed by atoms with van der Waals surface area (Å²) in [6.07, 6.45) is -3.92. The maximum Gasteiger partial charge on any atom is 0.416 e. The molecule has 1 fully saturated rings. The molecule has 3 amide bonds. The van der Waals surface area contributed by atoms with Crippen molar-refractivity contribution in [1.82, 2.24) is 4.90 Å². The second-order valence-corrected chi connectivity index (χ2v) is 7.71. The van der Waals surface area contributed by atoms with Gasteiger partial charge in [-0.3, -0.25) is 14.4 Å². The number of para-hydroxylation sites is 1. The minimum Gasteiger partial charge on any atom is -0.336 e. The van der Waals surface area contributed by atoms with E-state index < -0.39 is 29.5 Å². The third-order valence-electron chi connectivity index (χ3n) is 5.39. The fraction of sp³-hybridized carbons (Fsp3) is 0.348. The topological polar surface area (TPSA) is 69.7 Å². The molecule has 3 rings (SSSR count). The van der Waals surface area contributed by atoms with Gasteiger partial charge in [-0.2, -0.15) is 13.2 Å². The smallest absolute Gasteiger partial charge is 0.336 e. The highest BCUT2D eigenvalue weighted by Crippen LogP contribution is 2.33. The van der Waals surface area contributed by atoms with Crippen molar-refractivity contribution < 1.29 is 27.6 Å². The molecule has 1 N–H and O–H groups in total. The first-order chi connectivity index (χ1) is 15.1. The van der Waals surface area contributed by atoms with E-state index in [1.54, 1.807) is 12.1 Å². The average molecular weight is 447 g/mol. The molecule has 0 bridgehead atoms. The summed E-state index contributed by atoms with van der Waals surface area (Å²) in [7, 11) is 1.46. The highest BCUT2D eigenvalue weighted by atomic mass is 19.4. The number of amides is 3. The highest BCUT2D eigenvalue weighted by molar-refractivity contribution is 6.01. The Balaban J connectivity index is 1.63. The third-order valence-corrected chi connectivity index (χ3v) is 5.39. The minimum absolute atomic E-state index is 0.0381. The Labute approximate surface area is 184 Å². The molecule has 0 radical (unpaired) electrons. The van der Waals surface area contributed by atoms with Crippen LogP contribution in [0.25, 0.3) is 0 Å². The molecule has 1 atom stereocenters. The van der Waals surface area contributed by atoms with Gasteiger partial charge in [0, 0.05) is 31.4 Å². The summed E-state index contributed by atoms with van der Waals surface area (Å²) in [5, 5.41) is 2.78. The Morgan fingerprint density at radius 2 is 1.88 bits per heavy atom. The second-order valence-electron chi connectivity index (χ2n) is 7.71. The van der Waals surface area contributed by atoms with Crippen molar-refractivity contribution >= 4 is 29.1 Å². The number of alkyl halides is 3. The van der Waals surface area contributed by atoms with E-state index in [9.17, 15) is 27.6 Å². The van der Waals surface area contributed by atoms with E-state index in [0.717, 1.165) is 24.1 Å². The predicted octanol–water partition coefficient (Wildman–Crippen LogP) is 3.72. The molecule has 1 heterocycles. The van der Waals surface area contributed by atoms with Crippen LogP contribution in [0.4, 0.5) is 24.5 Å². The minimum atomic E-state index is -4.53. The third kappa shape index (κ3) is 5.27. The lowest BCUT2D eigenvalue weighted by molar-refractivity contribution is -0.137. The normalized spacial score (nSPS) is 16.2. The van der Waals surface area contributed by atoms with Gasteiger partial charge in [-0.25, -0.2) is 0 Å². The van der Waals surface area contributed by atoms with Crippen molar-refractivity contribution in [3.05, 3.63) is 59.7 Å². The van der Waals surface area contributed by atoms with E-state index in [2.05, 4.69) is 5.32 Å². The molecule has 6 nitrogen and oxygen atoms in total. The van der Waals surface area contributed by atoms with E-state index >= 15 is 0 Å². The van der Waals surface area contributed by atoms with Crippen molar-refractivity contribution in [2.24, 2.45) is 5.92 Å². The van der Waals surface area contributed by atoms with Crippen molar-refractivity contribution in [1.29, 1.82) is 0 Å². The van der Waals surface area contributed by atoms with Gasteiger partial charge in [-0.15, -0.1) is 0 Å². The lowest BCUT2D eigenvalue weighted by atomic mass is 10.1. The number of hydrogen-bond acceptors (Lipinski definition) is 3. The number of halogens is 3. The molecule has 1 unspecified atom stereocenters. The molecular weight excluding hydrogens is 423 g/mol. The standard InChI is InChI=1S/C23H24F3N3O3/c1-3-15-7-4-5-10-19(15)27-20(30)14-28(2)22(32)16-11-21(31)29(13-16)18-9-6-8-17(12-18)23(24,25)26/h4-10,12,16H,3,11,13-14H2,1-2H3,(H,27,30). The fourth-order valence-corrected chi connectivity index (χ4v) is 3.72. The molecule has 0 aliphatic carbocycles. The van der Waals surface area contributed by atoms with Gasteiger partial charge in [0.25, 0.3) is 0 Å². The SMILES string of the molecule is CCc1ccccc1NC(=O)CN(C)C(=O)C1CC(=O)N(c2cccc(C(F)(F)F)c2)C1. The zero-order valence-corrected chi connectivity index (χ0v) is 17.8. The quantitative estimate of drug-likeness (QED) is 0.734. The summed E-state index contributed by atoms with van der Waals surface area (Å²) in [4.78, 5) is 40.0. The Morgan fingerprint density at radius 1 is 1.16 bits per heavy atom. The number of hydrogen-bond donors (Lipinski definition) is 1. The number of benzene rings is 2. The Hall–Kier alpha value is -3.36. The first-order valence-electron chi connectivity index (χ1n) is 10.2. The van der Waals surface area contributed by atoms with Crippen LogP contribution in [-0.4, -0.2) is 42.8 Å². The number of carbonyl (C=O) groups is 3. The summed E-state index contributed by atoms with van der Waals surface area (Å²) in [5.74, 6) is -1.96. The molecular formula is C23H24F3N3O3. The van der Waals surface area contributed by atoms with Gasteiger partial charge >= 0.3 is 6.18 Å². The monoisotopic (exact) mass is 447 g/mol. The molecule has 1 saturated heterocycles. The van der Waals surface area contributed by atoms with Crippen molar-refractivity contribution in [2.75, 3.05) is 30.4 Å². The maximum atomic E-state index is 13.0. The summed E-state index contributed by atoms with van der Waals surface area (Å²) >= 11 is 0. The first kappa shape index (κ1) is 23.3. The van der Waals surface area contributed by atoms with Gasteiger partial charge in [0.2, 0.25) is 17.7 Å². The summed E-state index contributed by atoms with van der Waals surface area (Å²) in [6, 6.07) is 11.8. The van der Waals surface area contributed by atoms with Crippen LogP contribution in [0.2, 0.25) is 0 Å². The second kappa shape index (κ2) is 9.42. The zero-order valence-electron chi connectivity index (χ0n) is 17.8. The van der Waals surface area contributed by atoms with Gasteiger partial charge in [-0.1, -0.05) is 31.2 Å². The molecule has 0 spiro atoms. The van der Waals surface area contributed by atoms with E-state index in [-0.39, 0.29) is 31.1 Å². The van der Waals surface area contributed by atoms with Gasteiger partial charge in [-0.05, 0) is 36.2 Å². The van der Waals surface area contributed by atoms with Crippen LogP contribution in [0.3, 0.4) is 0 Å². The molecule has 1 aliphatic heterocycles. The fourth-order valence-electron chi connectivity index (χ4n) is 3.72. The van der Waals surface area contributed by atoms with Crippen LogP contribution in [0.1, 0.15) is 24.5 Å². The van der Waals surface area contributed by atoms with Crippen LogP contribution in [-0.2, 0) is 27.0 Å². The van der Waals surface area contributed by atoms with Crippen LogP contribution < -0.4 is 10.2 Å². The summed E-state index contributed by atoms with van der Waals surface area (Å²) in [6.45, 7) is 1.72. The number of nitrogens with zero attached hydrogens (tertiary/aromatic N) is 2. The van der Waals surface area contributed by atoms with Crippen molar-refractivity contribution in [3.8, 4) is 0 Å². The molecule has 0 aromatic heterocycles. The van der Waals surface area contributed by atoms with E-state index in [1.165, 1.54) is 29.0 Å². The number of rotatable bonds is 6. The Bertz CT molecular complexity index is 1020. The highest BCUT2D eigenvalue weighted by Gasteiger charge is 2.38. The molecule has 0 saturated carbocycles. The van der Waals surface area contributed by atoms with E-state index in [0.29, 0.717) is 5.69 Å². The predicted molar refractivity (Wildman–Crippen MR) is 114 cm³/mol. The number of nitrogens with one attached hydrogen (secondary N) is 1. The molecule has 2 aromatic rings. The first-order valence-corrected chi connectivity index (χ1v) is 10.2. The number of anilines is 2. The van der Waals surface area contributed by atoms with Crippen LogP contribution in [0, 0.1) is 5.92 Å².